The minimum atomic E-state index is -0.119. The Kier molecular flexibility index (Phi) is 4.48. The van der Waals surface area contributed by atoms with E-state index >= 15 is 0 Å². The number of terminal acetylenes is 1. The van der Waals surface area contributed by atoms with E-state index in [0.717, 1.165) is 16.6 Å². The number of aromatic nitrogens is 2. The van der Waals surface area contributed by atoms with E-state index in [9.17, 15) is 4.79 Å². The van der Waals surface area contributed by atoms with Crippen molar-refractivity contribution in [2.75, 3.05) is 13.7 Å². The number of nitrogens with zero attached hydrogens (tertiary/aromatic N) is 2. The summed E-state index contributed by atoms with van der Waals surface area (Å²) >= 11 is 7.63. The van der Waals surface area contributed by atoms with Gasteiger partial charge in [0.15, 0.2) is 16.5 Å². The summed E-state index contributed by atoms with van der Waals surface area (Å²) in [5.41, 5.74) is 2.19. The van der Waals surface area contributed by atoms with E-state index in [2.05, 4.69) is 10.9 Å². The third kappa shape index (κ3) is 3.01. The van der Waals surface area contributed by atoms with Crippen molar-refractivity contribution in [1.82, 2.24) is 9.38 Å². The van der Waals surface area contributed by atoms with E-state index in [1.807, 2.05) is 24.3 Å². The molecule has 0 bridgehead atoms. The molecule has 0 spiro atoms. The fourth-order valence-corrected chi connectivity index (χ4v) is 4.10. The molecule has 134 valence electrons. The maximum absolute atomic E-state index is 12.8. The Morgan fingerprint density at radius 1 is 1.37 bits per heavy atom. The van der Waals surface area contributed by atoms with Gasteiger partial charge < -0.3 is 9.47 Å². The maximum atomic E-state index is 12.8. The number of benzene rings is 2. The van der Waals surface area contributed by atoms with Gasteiger partial charge >= 0.3 is 0 Å². The number of methoxy groups -OCH3 is 1. The Morgan fingerprint density at radius 3 is 2.96 bits per heavy atom. The highest BCUT2D eigenvalue weighted by molar-refractivity contribution is 7.15. The quantitative estimate of drug-likeness (QED) is 0.497. The molecule has 27 heavy (non-hydrogen) atoms. The first-order chi connectivity index (χ1) is 13.1. The van der Waals surface area contributed by atoms with Gasteiger partial charge in [-0.3, -0.25) is 4.79 Å². The van der Waals surface area contributed by atoms with Crippen LogP contribution in [0.25, 0.3) is 22.1 Å². The van der Waals surface area contributed by atoms with Crippen LogP contribution in [0.2, 0.25) is 5.02 Å². The average molecular weight is 397 g/mol. The molecule has 0 aliphatic heterocycles. The van der Waals surface area contributed by atoms with Crippen LogP contribution in [-0.4, -0.2) is 23.1 Å². The zero-order valence-electron chi connectivity index (χ0n) is 14.2. The molecule has 7 heteroatoms. The number of hydrogen-bond donors (Lipinski definition) is 0. The van der Waals surface area contributed by atoms with Gasteiger partial charge in [0.1, 0.15) is 6.61 Å². The van der Waals surface area contributed by atoms with E-state index in [1.54, 1.807) is 22.6 Å². The van der Waals surface area contributed by atoms with Crippen molar-refractivity contribution < 1.29 is 9.47 Å². The third-order valence-electron chi connectivity index (χ3n) is 3.99. The van der Waals surface area contributed by atoms with Crippen LogP contribution in [0.1, 0.15) is 5.56 Å². The van der Waals surface area contributed by atoms with E-state index in [4.69, 9.17) is 27.5 Å². The molecular weight excluding hydrogens is 384 g/mol. The van der Waals surface area contributed by atoms with E-state index in [0.29, 0.717) is 26.0 Å². The Morgan fingerprint density at radius 2 is 2.19 bits per heavy atom. The van der Waals surface area contributed by atoms with Gasteiger partial charge in [-0.15, -0.1) is 6.42 Å². The Labute approximate surface area is 163 Å². The van der Waals surface area contributed by atoms with Crippen molar-refractivity contribution in [2.24, 2.45) is 0 Å². The summed E-state index contributed by atoms with van der Waals surface area (Å²) in [5.74, 6) is 3.22. The highest BCUT2D eigenvalue weighted by Gasteiger charge is 2.13. The second-order valence-corrected chi connectivity index (χ2v) is 7.08. The van der Waals surface area contributed by atoms with Crippen LogP contribution in [-0.2, 0) is 0 Å². The van der Waals surface area contributed by atoms with Crippen molar-refractivity contribution >= 4 is 45.0 Å². The van der Waals surface area contributed by atoms with Crippen LogP contribution < -0.4 is 19.6 Å². The van der Waals surface area contributed by atoms with E-state index in [-0.39, 0.29) is 12.2 Å². The number of hydrogen-bond acceptors (Lipinski definition) is 5. The fraction of sp³-hybridized carbons (Fsp3) is 0.100. The first-order valence-electron chi connectivity index (χ1n) is 7.98. The van der Waals surface area contributed by atoms with E-state index in [1.165, 1.54) is 18.4 Å². The molecule has 0 atom stereocenters. The van der Waals surface area contributed by atoms with Crippen LogP contribution in [0.15, 0.2) is 41.2 Å². The molecular formula is C20H13ClN2O3S. The summed E-state index contributed by atoms with van der Waals surface area (Å²) in [7, 11) is 1.52. The van der Waals surface area contributed by atoms with Crippen molar-refractivity contribution in [3.05, 3.63) is 61.9 Å². The number of halogens is 1. The first kappa shape index (κ1) is 17.4. The number of imidazole rings is 1. The molecule has 4 aromatic rings. The molecule has 0 radical (unpaired) electrons. The monoisotopic (exact) mass is 396 g/mol. The van der Waals surface area contributed by atoms with Crippen molar-refractivity contribution in [1.29, 1.82) is 0 Å². The van der Waals surface area contributed by atoms with Gasteiger partial charge in [-0.05, 0) is 35.9 Å². The van der Waals surface area contributed by atoms with E-state index < -0.39 is 0 Å². The molecule has 0 saturated heterocycles. The largest absolute Gasteiger partial charge is 0.493 e. The summed E-state index contributed by atoms with van der Waals surface area (Å²) in [5, 5.41) is 0.357. The third-order valence-corrected chi connectivity index (χ3v) is 5.24. The molecule has 0 saturated carbocycles. The number of para-hydroxylation sites is 2. The number of fused-ring (bicyclic) bond motifs is 3. The molecule has 0 amide bonds. The van der Waals surface area contributed by atoms with Crippen LogP contribution in [0.4, 0.5) is 0 Å². The summed E-state index contributed by atoms with van der Waals surface area (Å²) in [4.78, 5) is 18.0. The molecule has 5 nitrogen and oxygen atoms in total. The minimum absolute atomic E-state index is 0.0824. The van der Waals surface area contributed by atoms with Crippen LogP contribution in [0.5, 0.6) is 11.5 Å². The van der Waals surface area contributed by atoms with Crippen LogP contribution in [0.3, 0.4) is 0 Å². The summed E-state index contributed by atoms with van der Waals surface area (Å²) < 4.78 is 13.0. The zero-order chi connectivity index (χ0) is 19.0. The van der Waals surface area contributed by atoms with Crippen molar-refractivity contribution in [2.45, 2.75) is 0 Å². The lowest BCUT2D eigenvalue weighted by Crippen LogP contribution is -2.22. The standard InChI is InChI=1S/C20H13ClN2O3S/c1-3-8-26-18-13(21)9-12(10-16(18)25-2)11-17-19(24)23-15-7-5-4-6-14(15)22-20(23)27-17/h1,4-7,9-11H,8H2,2H3/b17-11+. The topological polar surface area (TPSA) is 52.8 Å². The molecule has 0 aliphatic carbocycles. The Hall–Kier alpha value is -3.01. The highest BCUT2D eigenvalue weighted by Crippen LogP contribution is 2.36. The lowest BCUT2D eigenvalue weighted by Gasteiger charge is -2.11. The summed E-state index contributed by atoms with van der Waals surface area (Å²) in [6, 6.07) is 11.0. The average Bonchev–Trinajstić information content (AvgIpc) is 3.17. The minimum Gasteiger partial charge on any atom is -0.493 e. The number of thiazole rings is 1. The van der Waals surface area contributed by atoms with Gasteiger partial charge in [-0.2, -0.15) is 0 Å². The second-order valence-electron chi connectivity index (χ2n) is 5.66. The van der Waals surface area contributed by atoms with Gasteiger partial charge in [-0.25, -0.2) is 9.38 Å². The lowest BCUT2D eigenvalue weighted by molar-refractivity contribution is 0.331. The normalized spacial score (nSPS) is 11.8. The van der Waals surface area contributed by atoms with Gasteiger partial charge in [-0.1, -0.05) is 41.0 Å². The smallest absolute Gasteiger partial charge is 0.274 e. The molecule has 2 aromatic heterocycles. The fourth-order valence-electron chi connectivity index (χ4n) is 2.84. The van der Waals surface area contributed by atoms with Crippen molar-refractivity contribution in [3.8, 4) is 23.8 Å². The number of rotatable bonds is 4. The SMILES string of the molecule is C#CCOc1c(Cl)cc(/C=c2/sc3nc4ccccc4n3c2=O)cc1OC. The molecule has 0 N–H and O–H groups in total. The summed E-state index contributed by atoms with van der Waals surface area (Å²) in [6.07, 6.45) is 6.99. The van der Waals surface area contributed by atoms with Gasteiger partial charge in [0, 0.05) is 0 Å². The van der Waals surface area contributed by atoms with Gasteiger partial charge in [0.05, 0.1) is 27.7 Å². The zero-order valence-corrected chi connectivity index (χ0v) is 15.8. The van der Waals surface area contributed by atoms with Gasteiger partial charge in [0.25, 0.3) is 5.56 Å². The maximum Gasteiger partial charge on any atom is 0.274 e. The Balaban J connectivity index is 1.86. The predicted octanol–water partition coefficient (Wildman–Crippen LogP) is 3.13. The highest BCUT2D eigenvalue weighted by atomic mass is 35.5. The lowest BCUT2D eigenvalue weighted by atomic mass is 10.2. The summed E-state index contributed by atoms with van der Waals surface area (Å²) in [6.45, 7) is 0.0824. The predicted molar refractivity (Wildman–Crippen MR) is 108 cm³/mol. The molecule has 0 unspecified atom stereocenters. The van der Waals surface area contributed by atoms with Crippen LogP contribution >= 0.6 is 22.9 Å². The second kappa shape index (κ2) is 6.95. The Bertz CT molecular complexity index is 1320. The molecule has 2 heterocycles. The molecule has 0 aliphatic rings. The molecule has 0 fully saturated rings. The van der Waals surface area contributed by atoms with Gasteiger partial charge in [0.2, 0.25) is 0 Å². The first-order valence-corrected chi connectivity index (χ1v) is 9.17. The van der Waals surface area contributed by atoms with Crippen molar-refractivity contribution in [3.63, 3.8) is 0 Å². The molecule has 4 rings (SSSR count). The molecule has 2 aromatic carbocycles. The van der Waals surface area contributed by atoms with Crippen LogP contribution in [0, 0.1) is 12.3 Å². The number of ether oxygens (including phenoxy) is 2.